The molecule has 2 aromatic carbocycles. The zero-order chi connectivity index (χ0) is 19.9. The Bertz CT molecular complexity index is 1260. The molecular weight excluding hydrogens is 375 g/mol. The molecule has 0 aliphatic heterocycles. The monoisotopic (exact) mass is 387 g/mol. The Balaban J connectivity index is 1.66. The molecule has 142 valence electrons. The highest BCUT2D eigenvalue weighted by molar-refractivity contribution is 6.02. The smallest absolute Gasteiger partial charge is 0.416 e. The van der Waals surface area contributed by atoms with E-state index < -0.39 is 23.3 Å². The van der Waals surface area contributed by atoms with Crippen LogP contribution in [0.4, 0.5) is 18.9 Å². The van der Waals surface area contributed by atoms with Crippen molar-refractivity contribution in [2.75, 3.05) is 5.32 Å². The van der Waals surface area contributed by atoms with E-state index in [-0.39, 0.29) is 17.6 Å². The Morgan fingerprint density at radius 3 is 2.68 bits per heavy atom. The summed E-state index contributed by atoms with van der Waals surface area (Å²) < 4.78 is 45.0. The van der Waals surface area contributed by atoms with Gasteiger partial charge >= 0.3 is 11.8 Å². The zero-order valence-electron chi connectivity index (χ0n) is 14.2. The van der Waals surface area contributed by atoms with Crippen molar-refractivity contribution >= 4 is 33.5 Å². The number of aromatic nitrogens is 2. The SMILES string of the molecule is O=C(Cn1ncc2c(=O)oc3ccccc3c21)Nc1cccc(C(F)(F)F)c1. The highest BCUT2D eigenvalue weighted by Gasteiger charge is 2.30. The van der Waals surface area contributed by atoms with Crippen LogP contribution in [-0.2, 0) is 17.5 Å². The van der Waals surface area contributed by atoms with Crippen molar-refractivity contribution in [3.63, 3.8) is 0 Å². The van der Waals surface area contributed by atoms with Gasteiger partial charge in [-0.1, -0.05) is 18.2 Å². The molecule has 0 fully saturated rings. The Hall–Kier alpha value is -3.62. The van der Waals surface area contributed by atoms with E-state index in [0.29, 0.717) is 16.5 Å². The van der Waals surface area contributed by atoms with Crippen molar-refractivity contribution in [1.82, 2.24) is 9.78 Å². The molecule has 0 spiro atoms. The van der Waals surface area contributed by atoms with Gasteiger partial charge in [0.15, 0.2) is 0 Å². The molecule has 0 saturated heterocycles. The lowest BCUT2D eigenvalue weighted by Gasteiger charge is -2.10. The minimum Gasteiger partial charge on any atom is -0.422 e. The number of carbonyl (C=O) groups is 1. The van der Waals surface area contributed by atoms with Gasteiger partial charge in [0.25, 0.3) is 0 Å². The lowest BCUT2D eigenvalue weighted by Crippen LogP contribution is -2.20. The highest BCUT2D eigenvalue weighted by atomic mass is 19.4. The second-order valence-electron chi connectivity index (χ2n) is 6.08. The molecule has 0 radical (unpaired) electrons. The van der Waals surface area contributed by atoms with Crippen molar-refractivity contribution in [2.24, 2.45) is 0 Å². The average molecular weight is 387 g/mol. The van der Waals surface area contributed by atoms with Crippen LogP contribution in [0.15, 0.2) is 63.9 Å². The second-order valence-corrected chi connectivity index (χ2v) is 6.08. The Morgan fingerprint density at radius 1 is 1.11 bits per heavy atom. The number of rotatable bonds is 3. The molecule has 1 amide bonds. The number of nitrogens with one attached hydrogen (secondary N) is 1. The standard InChI is InChI=1S/C19H12F3N3O3/c20-19(21,22)11-4-3-5-12(8-11)24-16(26)10-25-17-13-6-1-2-7-15(13)28-18(27)14(17)9-23-25/h1-9H,10H2,(H,24,26). The second kappa shape index (κ2) is 6.52. The van der Waals surface area contributed by atoms with E-state index in [1.54, 1.807) is 24.3 Å². The molecule has 6 nitrogen and oxygen atoms in total. The fourth-order valence-corrected chi connectivity index (χ4v) is 2.95. The molecule has 28 heavy (non-hydrogen) atoms. The summed E-state index contributed by atoms with van der Waals surface area (Å²) in [6.45, 7) is -0.285. The van der Waals surface area contributed by atoms with Crippen LogP contribution in [-0.4, -0.2) is 15.7 Å². The molecule has 2 aromatic heterocycles. The van der Waals surface area contributed by atoms with E-state index in [1.807, 2.05) is 0 Å². The predicted octanol–water partition coefficient (Wildman–Crippen LogP) is 3.80. The van der Waals surface area contributed by atoms with Crippen LogP contribution in [0.3, 0.4) is 0 Å². The van der Waals surface area contributed by atoms with Crippen LogP contribution in [0.25, 0.3) is 21.9 Å². The van der Waals surface area contributed by atoms with Crippen molar-refractivity contribution < 1.29 is 22.4 Å². The van der Waals surface area contributed by atoms with Gasteiger partial charge in [0.2, 0.25) is 5.91 Å². The minimum absolute atomic E-state index is 0.0145. The van der Waals surface area contributed by atoms with Crippen molar-refractivity contribution in [3.8, 4) is 0 Å². The zero-order valence-corrected chi connectivity index (χ0v) is 14.2. The number of nitrogens with zero attached hydrogens (tertiary/aromatic N) is 2. The van der Waals surface area contributed by atoms with Crippen molar-refractivity contribution in [1.29, 1.82) is 0 Å². The van der Waals surface area contributed by atoms with Gasteiger partial charge in [0.05, 0.1) is 17.3 Å². The number of anilines is 1. The highest BCUT2D eigenvalue weighted by Crippen LogP contribution is 2.30. The summed E-state index contributed by atoms with van der Waals surface area (Å²) in [5, 5.41) is 7.29. The molecule has 1 N–H and O–H groups in total. The third-order valence-corrected chi connectivity index (χ3v) is 4.17. The fourth-order valence-electron chi connectivity index (χ4n) is 2.95. The lowest BCUT2D eigenvalue weighted by atomic mass is 10.2. The topological polar surface area (TPSA) is 77.1 Å². The van der Waals surface area contributed by atoms with Crippen LogP contribution in [0.5, 0.6) is 0 Å². The Morgan fingerprint density at radius 2 is 1.89 bits per heavy atom. The summed E-state index contributed by atoms with van der Waals surface area (Å²) in [6, 6.07) is 11.1. The first kappa shape index (κ1) is 17.8. The molecule has 9 heteroatoms. The van der Waals surface area contributed by atoms with E-state index in [0.717, 1.165) is 12.1 Å². The molecule has 4 rings (SSSR count). The number of amides is 1. The molecule has 0 unspecified atom stereocenters. The summed E-state index contributed by atoms with van der Waals surface area (Å²) in [5.41, 5.74) is -0.664. The first-order chi connectivity index (χ1) is 13.3. The fraction of sp³-hybridized carbons (Fsp3) is 0.105. The number of benzene rings is 2. The van der Waals surface area contributed by atoms with Crippen molar-refractivity contribution in [2.45, 2.75) is 12.7 Å². The molecule has 2 heterocycles. The van der Waals surface area contributed by atoms with Gasteiger partial charge in [-0.2, -0.15) is 18.3 Å². The van der Waals surface area contributed by atoms with Gasteiger partial charge in [0.1, 0.15) is 17.5 Å². The van der Waals surface area contributed by atoms with Crippen LogP contribution in [0.1, 0.15) is 5.56 Å². The van der Waals surface area contributed by atoms with E-state index in [2.05, 4.69) is 10.4 Å². The van der Waals surface area contributed by atoms with Crippen LogP contribution in [0.2, 0.25) is 0 Å². The van der Waals surface area contributed by atoms with E-state index >= 15 is 0 Å². The quantitative estimate of drug-likeness (QED) is 0.543. The van der Waals surface area contributed by atoms with Gasteiger partial charge in [-0.05, 0) is 30.3 Å². The van der Waals surface area contributed by atoms with Crippen molar-refractivity contribution in [3.05, 3.63) is 70.7 Å². The van der Waals surface area contributed by atoms with E-state index in [4.69, 9.17) is 4.42 Å². The first-order valence-corrected chi connectivity index (χ1v) is 8.17. The van der Waals surface area contributed by atoms with Crippen LogP contribution < -0.4 is 10.9 Å². The molecule has 0 aliphatic carbocycles. The van der Waals surface area contributed by atoms with Crippen LogP contribution in [0, 0.1) is 0 Å². The third-order valence-electron chi connectivity index (χ3n) is 4.17. The number of halogens is 3. The molecule has 0 saturated carbocycles. The summed E-state index contributed by atoms with van der Waals surface area (Å²) in [6.07, 6.45) is -3.21. The normalized spacial score (nSPS) is 11.8. The molecule has 0 bridgehead atoms. The van der Waals surface area contributed by atoms with Gasteiger partial charge in [-0.25, -0.2) is 4.79 Å². The number of hydrogen-bond donors (Lipinski definition) is 1. The largest absolute Gasteiger partial charge is 0.422 e. The average Bonchev–Trinajstić information content (AvgIpc) is 3.06. The van der Waals surface area contributed by atoms with Crippen LogP contribution >= 0.6 is 0 Å². The number of para-hydroxylation sites is 1. The number of alkyl halides is 3. The Kier molecular flexibility index (Phi) is 4.14. The Labute approximate surface area is 155 Å². The predicted molar refractivity (Wildman–Crippen MR) is 95.8 cm³/mol. The maximum Gasteiger partial charge on any atom is 0.416 e. The summed E-state index contributed by atoms with van der Waals surface area (Å²) in [7, 11) is 0. The van der Waals surface area contributed by atoms with E-state index in [9.17, 15) is 22.8 Å². The number of hydrogen-bond acceptors (Lipinski definition) is 4. The number of carbonyl (C=O) groups excluding carboxylic acids is 1. The lowest BCUT2D eigenvalue weighted by molar-refractivity contribution is -0.137. The summed E-state index contributed by atoms with van der Waals surface area (Å²) >= 11 is 0. The van der Waals surface area contributed by atoms with E-state index in [1.165, 1.54) is 23.0 Å². The van der Waals surface area contributed by atoms with Gasteiger partial charge in [0, 0.05) is 11.1 Å². The molecule has 4 aromatic rings. The maximum atomic E-state index is 12.8. The minimum atomic E-state index is -4.51. The summed E-state index contributed by atoms with van der Waals surface area (Å²) in [5.74, 6) is -0.582. The molecule has 0 aliphatic rings. The molecular formula is C19H12F3N3O3. The van der Waals surface area contributed by atoms with Gasteiger partial charge in [-0.15, -0.1) is 0 Å². The third kappa shape index (κ3) is 3.22. The number of fused-ring (bicyclic) bond motifs is 3. The first-order valence-electron chi connectivity index (χ1n) is 8.17. The summed E-state index contributed by atoms with van der Waals surface area (Å²) in [4.78, 5) is 24.4. The van der Waals surface area contributed by atoms with Gasteiger partial charge in [-0.3, -0.25) is 9.48 Å². The molecule has 0 atom stereocenters. The van der Waals surface area contributed by atoms with Gasteiger partial charge < -0.3 is 9.73 Å². The maximum absolute atomic E-state index is 12.8.